The van der Waals surface area contributed by atoms with Crippen LogP contribution >= 0.6 is 0 Å². The molecular formula is C12H19NO. The van der Waals surface area contributed by atoms with E-state index in [1.54, 1.807) is 0 Å². The van der Waals surface area contributed by atoms with E-state index in [1.807, 2.05) is 39.0 Å². The summed E-state index contributed by atoms with van der Waals surface area (Å²) in [5, 5.41) is 13.0. The summed E-state index contributed by atoms with van der Waals surface area (Å²) in [4.78, 5) is 0. The number of nitrogens with one attached hydrogen (secondary N) is 1. The Kier molecular flexibility index (Phi) is 3.67. The Morgan fingerprint density at radius 1 is 1.29 bits per heavy atom. The van der Waals surface area contributed by atoms with E-state index in [0.717, 1.165) is 6.54 Å². The molecule has 1 atom stereocenters. The van der Waals surface area contributed by atoms with Gasteiger partial charge in [-0.25, -0.2) is 0 Å². The summed E-state index contributed by atoms with van der Waals surface area (Å²) in [5.74, 6) is 0. The SMILES string of the molecule is C[C@H](NCc1ccccc1)C(C)(C)O. The van der Waals surface area contributed by atoms with Crippen molar-refractivity contribution in [1.29, 1.82) is 0 Å². The predicted octanol–water partition coefficient (Wildman–Crippen LogP) is 1.94. The lowest BCUT2D eigenvalue weighted by atomic mass is 10.0. The third kappa shape index (κ3) is 3.48. The van der Waals surface area contributed by atoms with Gasteiger partial charge in [0.05, 0.1) is 5.60 Å². The van der Waals surface area contributed by atoms with Gasteiger partial charge in [0, 0.05) is 12.6 Å². The topological polar surface area (TPSA) is 32.3 Å². The second kappa shape index (κ2) is 4.58. The maximum Gasteiger partial charge on any atom is 0.0741 e. The molecule has 0 spiro atoms. The Balaban J connectivity index is 2.42. The zero-order chi connectivity index (χ0) is 10.6. The molecule has 0 aliphatic carbocycles. The number of rotatable bonds is 4. The molecule has 0 saturated carbocycles. The lowest BCUT2D eigenvalue weighted by Crippen LogP contribution is -2.44. The summed E-state index contributed by atoms with van der Waals surface area (Å²) in [7, 11) is 0. The predicted molar refractivity (Wildman–Crippen MR) is 59.0 cm³/mol. The van der Waals surface area contributed by atoms with Gasteiger partial charge in [0.2, 0.25) is 0 Å². The molecule has 0 amide bonds. The Labute approximate surface area is 86.0 Å². The van der Waals surface area contributed by atoms with Crippen LogP contribution in [0.4, 0.5) is 0 Å². The normalized spacial score (nSPS) is 14.0. The van der Waals surface area contributed by atoms with Gasteiger partial charge in [-0.1, -0.05) is 30.3 Å². The highest BCUT2D eigenvalue weighted by Crippen LogP contribution is 2.08. The van der Waals surface area contributed by atoms with Crippen molar-refractivity contribution < 1.29 is 5.11 Å². The molecule has 2 heteroatoms. The first-order chi connectivity index (χ1) is 6.50. The molecule has 0 bridgehead atoms. The molecule has 1 rings (SSSR count). The van der Waals surface area contributed by atoms with E-state index in [2.05, 4.69) is 17.4 Å². The summed E-state index contributed by atoms with van der Waals surface area (Å²) in [6, 6.07) is 10.3. The third-order valence-electron chi connectivity index (χ3n) is 2.51. The van der Waals surface area contributed by atoms with Gasteiger partial charge in [-0.3, -0.25) is 0 Å². The van der Waals surface area contributed by atoms with Gasteiger partial charge in [0.1, 0.15) is 0 Å². The van der Waals surface area contributed by atoms with Crippen molar-refractivity contribution >= 4 is 0 Å². The smallest absolute Gasteiger partial charge is 0.0741 e. The highest BCUT2D eigenvalue weighted by Gasteiger charge is 2.21. The van der Waals surface area contributed by atoms with E-state index < -0.39 is 5.60 Å². The molecule has 2 nitrogen and oxygen atoms in total. The van der Waals surface area contributed by atoms with Crippen LogP contribution in [0.3, 0.4) is 0 Å². The van der Waals surface area contributed by atoms with Crippen LogP contribution in [0.5, 0.6) is 0 Å². The van der Waals surface area contributed by atoms with E-state index in [-0.39, 0.29) is 6.04 Å². The Hall–Kier alpha value is -0.860. The molecule has 0 saturated heterocycles. The van der Waals surface area contributed by atoms with Gasteiger partial charge >= 0.3 is 0 Å². The first-order valence-corrected chi connectivity index (χ1v) is 5.00. The van der Waals surface area contributed by atoms with Crippen molar-refractivity contribution in [3.05, 3.63) is 35.9 Å². The van der Waals surface area contributed by atoms with E-state index in [4.69, 9.17) is 0 Å². The van der Waals surface area contributed by atoms with E-state index >= 15 is 0 Å². The van der Waals surface area contributed by atoms with Gasteiger partial charge in [-0.15, -0.1) is 0 Å². The molecule has 0 aliphatic rings. The largest absolute Gasteiger partial charge is 0.389 e. The van der Waals surface area contributed by atoms with Crippen LogP contribution in [0.1, 0.15) is 26.3 Å². The van der Waals surface area contributed by atoms with Crippen LogP contribution in [0.25, 0.3) is 0 Å². The minimum atomic E-state index is -0.672. The second-order valence-electron chi connectivity index (χ2n) is 4.24. The molecular weight excluding hydrogens is 174 g/mol. The van der Waals surface area contributed by atoms with Crippen molar-refractivity contribution in [3.8, 4) is 0 Å². The molecule has 0 unspecified atom stereocenters. The summed E-state index contributed by atoms with van der Waals surface area (Å²) < 4.78 is 0. The summed E-state index contributed by atoms with van der Waals surface area (Å²) in [6.07, 6.45) is 0. The number of benzene rings is 1. The number of hydrogen-bond donors (Lipinski definition) is 2. The van der Waals surface area contributed by atoms with E-state index in [9.17, 15) is 5.11 Å². The minimum Gasteiger partial charge on any atom is -0.389 e. The van der Waals surface area contributed by atoms with Crippen LogP contribution in [0.2, 0.25) is 0 Å². The van der Waals surface area contributed by atoms with Gasteiger partial charge in [0.15, 0.2) is 0 Å². The van der Waals surface area contributed by atoms with Gasteiger partial charge in [-0.05, 0) is 26.3 Å². The average molecular weight is 193 g/mol. The fourth-order valence-corrected chi connectivity index (χ4v) is 1.12. The lowest BCUT2D eigenvalue weighted by Gasteiger charge is -2.26. The third-order valence-corrected chi connectivity index (χ3v) is 2.51. The zero-order valence-corrected chi connectivity index (χ0v) is 9.12. The molecule has 1 aromatic rings. The van der Waals surface area contributed by atoms with Crippen molar-refractivity contribution in [3.63, 3.8) is 0 Å². The fraction of sp³-hybridized carbons (Fsp3) is 0.500. The maximum absolute atomic E-state index is 9.70. The molecule has 78 valence electrons. The first-order valence-electron chi connectivity index (χ1n) is 5.00. The molecule has 14 heavy (non-hydrogen) atoms. The van der Waals surface area contributed by atoms with Crippen LogP contribution in [-0.2, 0) is 6.54 Å². The van der Waals surface area contributed by atoms with Crippen molar-refractivity contribution in [2.45, 2.75) is 39.0 Å². The number of aliphatic hydroxyl groups is 1. The Morgan fingerprint density at radius 3 is 2.36 bits per heavy atom. The molecule has 1 aromatic carbocycles. The maximum atomic E-state index is 9.70. The Morgan fingerprint density at radius 2 is 1.86 bits per heavy atom. The quantitative estimate of drug-likeness (QED) is 0.766. The molecule has 0 aromatic heterocycles. The first kappa shape index (κ1) is 11.2. The zero-order valence-electron chi connectivity index (χ0n) is 9.12. The molecule has 0 aliphatic heterocycles. The highest BCUT2D eigenvalue weighted by molar-refractivity contribution is 5.14. The van der Waals surface area contributed by atoms with Crippen molar-refractivity contribution in [2.24, 2.45) is 0 Å². The van der Waals surface area contributed by atoms with Crippen LogP contribution in [0.15, 0.2) is 30.3 Å². The molecule has 0 radical (unpaired) electrons. The average Bonchev–Trinajstić information content (AvgIpc) is 2.14. The van der Waals surface area contributed by atoms with Gasteiger partial charge in [0.25, 0.3) is 0 Å². The summed E-state index contributed by atoms with van der Waals surface area (Å²) in [5.41, 5.74) is 0.568. The lowest BCUT2D eigenvalue weighted by molar-refractivity contribution is 0.0437. The van der Waals surface area contributed by atoms with Crippen molar-refractivity contribution in [1.82, 2.24) is 5.32 Å². The standard InChI is InChI=1S/C12H19NO/c1-10(12(2,3)14)13-9-11-7-5-4-6-8-11/h4-8,10,13-14H,9H2,1-3H3/t10-/m0/s1. The molecule has 0 heterocycles. The number of hydrogen-bond acceptors (Lipinski definition) is 2. The molecule has 0 fully saturated rings. The monoisotopic (exact) mass is 193 g/mol. The highest BCUT2D eigenvalue weighted by atomic mass is 16.3. The second-order valence-corrected chi connectivity index (χ2v) is 4.24. The van der Waals surface area contributed by atoms with E-state index in [0.29, 0.717) is 0 Å². The fourth-order valence-electron chi connectivity index (χ4n) is 1.12. The van der Waals surface area contributed by atoms with Gasteiger partial charge in [-0.2, -0.15) is 0 Å². The van der Waals surface area contributed by atoms with Crippen LogP contribution in [-0.4, -0.2) is 16.7 Å². The Bertz CT molecular complexity index is 263. The van der Waals surface area contributed by atoms with Gasteiger partial charge < -0.3 is 10.4 Å². The van der Waals surface area contributed by atoms with Crippen LogP contribution < -0.4 is 5.32 Å². The van der Waals surface area contributed by atoms with Crippen molar-refractivity contribution in [2.75, 3.05) is 0 Å². The molecule has 2 N–H and O–H groups in total. The minimum absolute atomic E-state index is 0.0858. The van der Waals surface area contributed by atoms with Crippen LogP contribution in [0, 0.1) is 0 Å². The van der Waals surface area contributed by atoms with E-state index in [1.165, 1.54) is 5.56 Å². The summed E-state index contributed by atoms with van der Waals surface area (Å²) >= 11 is 0. The summed E-state index contributed by atoms with van der Waals surface area (Å²) in [6.45, 7) is 6.42.